The summed E-state index contributed by atoms with van der Waals surface area (Å²) in [4.78, 5) is 20.1. The molecule has 0 bridgehead atoms. The summed E-state index contributed by atoms with van der Waals surface area (Å²) in [6.45, 7) is 0. The number of carboxylic acid groups (broad SMARTS) is 1. The summed E-state index contributed by atoms with van der Waals surface area (Å²) in [5.74, 6) is -1.38. The number of rotatable bonds is 5. The quantitative estimate of drug-likeness (QED) is 0.586. The number of aliphatic carboxylic acids is 1. The lowest BCUT2D eigenvalue weighted by Crippen LogP contribution is -2.29. The number of hydrogen-bond acceptors (Lipinski definition) is 3. The highest BCUT2D eigenvalue weighted by molar-refractivity contribution is 5.71. The molecule has 0 fully saturated rings. The van der Waals surface area contributed by atoms with Crippen molar-refractivity contribution in [2.75, 3.05) is 0 Å². The van der Waals surface area contributed by atoms with Gasteiger partial charge in [-0.1, -0.05) is 30.3 Å². The minimum Gasteiger partial charge on any atom is -0.476 e. The average Bonchev–Trinajstić information content (AvgIpc) is 2.18. The fraction of sp³-hybridized carbons (Fsp3) is 0.300. The highest BCUT2D eigenvalue weighted by atomic mass is 16.6. The van der Waals surface area contributed by atoms with Gasteiger partial charge in [-0.3, -0.25) is 10.1 Å². The average molecular weight is 209 g/mol. The predicted octanol–water partition coefficient (Wildman–Crippen LogP) is 1.35. The molecule has 5 heteroatoms. The zero-order valence-corrected chi connectivity index (χ0v) is 8.00. The van der Waals surface area contributed by atoms with Crippen molar-refractivity contribution in [2.45, 2.75) is 18.9 Å². The Morgan fingerprint density at radius 3 is 2.47 bits per heavy atom. The number of carboxylic acids is 1. The topological polar surface area (TPSA) is 80.4 Å². The summed E-state index contributed by atoms with van der Waals surface area (Å²) in [7, 11) is 0. The van der Waals surface area contributed by atoms with Gasteiger partial charge in [-0.05, 0) is 12.0 Å². The molecule has 0 amide bonds. The largest absolute Gasteiger partial charge is 0.476 e. The summed E-state index contributed by atoms with van der Waals surface area (Å²) in [5, 5.41) is 19.0. The molecule has 0 heterocycles. The van der Waals surface area contributed by atoms with Crippen LogP contribution in [0.15, 0.2) is 30.3 Å². The smallest absolute Gasteiger partial charge is 0.379 e. The molecule has 1 rings (SSSR count). The van der Waals surface area contributed by atoms with Gasteiger partial charge in [0.25, 0.3) is 0 Å². The second-order valence-electron chi connectivity index (χ2n) is 3.16. The summed E-state index contributed by atoms with van der Waals surface area (Å²) in [6.07, 6.45) is 0.422. The van der Waals surface area contributed by atoms with Gasteiger partial charge in [-0.25, -0.2) is 4.79 Å². The first-order valence-corrected chi connectivity index (χ1v) is 4.51. The van der Waals surface area contributed by atoms with Crippen LogP contribution in [-0.2, 0) is 11.2 Å². The van der Waals surface area contributed by atoms with Crippen LogP contribution in [0.2, 0.25) is 0 Å². The molecule has 1 aromatic carbocycles. The van der Waals surface area contributed by atoms with E-state index in [9.17, 15) is 14.9 Å². The molecular weight excluding hydrogens is 198 g/mol. The molecule has 0 saturated heterocycles. The maximum Gasteiger partial charge on any atom is 0.379 e. The van der Waals surface area contributed by atoms with Gasteiger partial charge in [0.05, 0.1) is 0 Å². The number of benzene rings is 1. The van der Waals surface area contributed by atoms with E-state index in [0.29, 0.717) is 6.42 Å². The molecule has 1 N–H and O–H groups in total. The van der Waals surface area contributed by atoms with E-state index in [4.69, 9.17) is 5.11 Å². The minimum absolute atomic E-state index is 0.0202. The monoisotopic (exact) mass is 209 g/mol. The van der Waals surface area contributed by atoms with Crippen LogP contribution in [0.4, 0.5) is 0 Å². The van der Waals surface area contributed by atoms with E-state index >= 15 is 0 Å². The van der Waals surface area contributed by atoms with Crippen molar-refractivity contribution >= 4 is 5.97 Å². The van der Waals surface area contributed by atoms with Crippen molar-refractivity contribution in [1.29, 1.82) is 0 Å². The molecule has 0 saturated carbocycles. The molecule has 0 aromatic heterocycles. The molecular formula is C10H11NO4. The van der Waals surface area contributed by atoms with Crippen LogP contribution in [0.25, 0.3) is 0 Å². The molecule has 15 heavy (non-hydrogen) atoms. The molecule has 0 radical (unpaired) electrons. The van der Waals surface area contributed by atoms with E-state index < -0.39 is 16.9 Å². The second kappa shape index (κ2) is 5.09. The molecule has 1 aromatic rings. The van der Waals surface area contributed by atoms with E-state index in [1.54, 1.807) is 0 Å². The number of nitrogens with zero attached hydrogens (tertiary/aromatic N) is 1. The highest BCUT2D eigenvalue weighted by Gasteiger charge is 2.28. The molecule has 5 nitrogen and oxygen atoms in total. The Bertz CT molecular complexity index is 336. The standard InChI is InChI=1S/C10H11NO4/c12-10(13)9(11(14)15)7-6-8-4-2-1-3-5-8/h1-5,9H,6-7H2,(H,12,13). The first kappa shape index (κ1) is 11.2. The van der Waals surface area contributed by atoms with Crippen molar-refractivity contribution < 1.29 is 14.8 Å². The maximum absolute atomic E-state index is 10.5. The molecule has 0 aliphatic rings. The maximum atomic E-state index is 10.5. The zero-order valence-electron chi connectivity index (χ0n) is 8.00. The normalized spacial score (nSPS) is 12.0. The highest BCUT2D eigenvalue weighted by Crippen LogP contribution is 2.07. The van der Waals surface area contributed by atoms with Gasteiger partial charge >= 0.3 is 12.0 Å². The number of aryl methyl sites for hydroxylation is 1. The third-order valence-corrected chi connectivity index (χ3v) is 2.09. The van der Waals surface area contributed by atoms with Crippen LogP contribution in [0.5, 0.6) is 0 Å². The van der Waals surface area contributed by atoms with Crippen molar-refractivity contribution in [3.8, 4) is 0 Å². The Morgan fingerprint density at radius 1 is 1.40 bits per heavy atom. The van der Waals surface area contributed by atoms with Crippen molar-refractivity contribution in [2.24, 2.45) is 0 Å². The van der Waals surface area contributed by atoms with Crippen LogP contribution in [0, 0.1) is 10.1 Å². The number of hydrogen-bond donors (Lipinski definition) is 1. The Morgan fingerprint density at radius 2 is 2.00 bits per heavy atom. The summed E-state index contributed by atoms with van der Waals surface area (Å²) >= 11 is 0. The fourth-order valence-electron chi connectivity index (χ4n) is 1.27. The summed E-state index contributed by atoms with van der Waals surface area (Å²) in [6, 6.07) is 7.60. The summed E-state index contributed by atoms with van der Waals surface area (Å²) < 4.78 is 0. The number of carbonyl (C=O) groups is 1. The van der Waals surface area contributed by atoms with Crippen LogP contribution in [-0.4, -0.2) is 22.0 Å². The van der Waals surface area contributed by atoms with Crippen molar-refractivity contribution in [3.63, 3.8) is 0 Å². The minimum atomic E-state index is -1.51. The van der Waals surface area contributed by atoms with Crippen molar-refractivity contribution in [3.05, 3.63) is 46.0 Å². The van der Waals surface area contributed by atoms with Gasteiger partial charge < -0.3 is 5.11 Å². The van der Waals surface area contributed by atoms with E-state index in [0.717, 1.165) is 5.56 Å². The number of nitro groups is 1. The van der Waals surface area contributed by atoms with Gasteiger partial charge in [0.1, 0.15) is 0 Å². The Kier molecular flexibility index (Phi) is 3.79. The van der Waals surface area contributed by atoms with Crippen LogP contribution >= 0.6 is 0 Å². The van der Waals surface area contributed by atoms with Gasteiger partial charge in [-0.2, -0.15) is 0 Å². The van der Waals surface area contributed by atoms with Crippen molar-refractivity contribution in [1.82, 2.24) is 0 Å². The first-order chi connectivity index (χ1) is 7.11. The fourth-order valence-corrected chi connectivity index (χ4v) is 1.27. The van der Waals surface area contributed by atoms with Gasteiger partial charge in [-0.15, -0.1) is 0 Å². The van der Waals surface area contributed by atoms with Gasteiger partial charge in [0, 0.05) is 11.3 Å². The molecule has 1 atom stereocenters. The van der Waals surface area contributed by atoms with E-state index in [1.165, 1.54) is 0 Å². The zero-order chi connectivity index (χ0) is 11.3. The summed E-state index contributed by atoms with van der Waals surface area (Å²) in [5.41, 5.74) is 0.908. The molecule has 80 valence electrons. The SMILES string of the molecule is O=C(O)C(CCc1ccccc1)[N+](=O)[O-]. The predicted molar refractivity (Wildman–Crippen MR) is 53.2 cm³/mol. The second-order valence-corrected chi connectivity index (χ2v) is 3.16. The third kappa shape index (κ3) is 3.38. The van der Waals surface area contributed by atoms with E-state index in [2.05, 4.69) is 0 Å². The first-order valence-electron chi connectivity index (χ1n) is 4.51. The Balaban J connectivity index is 2.55. The van der Waals surface area contributed by atoms with Gasteiger partial charge in [0.2, 0.25) is 0 Å². The Labute approximate surface area is 86.5 Å². The van der Waals surface area contributed by atoms with Gasteiger partial charge in [0.15, 0.2) is 0 Å². The lowest BCUT2D eigenvalue weighted by molar-refractivity contribution is -0.510. The van der Waals surface area contributed by atoms with Crippen LogP contribution in [0.1, 0.15) is 12.0 Å². The molecule has 0 aliphatic carbocycles. The van der Waals surface area contributed by atoms with E-state index in [-0.39, 0.29) is 6.42 Å². The third-order valence-electron chi connectivity index (χ3n) is 2.09. The molecule has 0 aliphatic heterocycles. The lowest BCUT2D eigenvalue weighted by Gasteiger charge is -2.04. The Hall–Kier alpha value is -1.91. The molecule has 0 spiro atoms. The lowest BCUT2D eigenvalue weighted by atomic mass is 10.1. The van der Waals surface area contributed by atoms with Crippen LogP contribution in [0.3, 0.4) is 0 Å². The molecule has 1 unspecified atom stereocenters. The van der Waals surface area contributed by atoms with Crippen LogP contribution < -0.4 is 0 Å². The van der Waals surface area contributed by atoms with E-state index in [1.807, 2.05) is 30.3 Å².